The van der Waals surface area contributed by atoms with Crippen LogP contribution in [-0.2, 0) is 0 Å². The van der Waals surface area contributed by atoms with Gasteiger partial charge in [-0.15, -0.1) is 0 Å². The van der Waals surface area contributed by atoms with Gasteiger partial charge in [-0.1, -0.05) is 37.0 Å². The number of pyridine rings is 1. The molecule has 100 valence electrons. The van der Waals surface area contributed by atoms with Gasteiger partial charge in [0.1, 0.15) is 5.75 Å². The summed E-state index contributed by atoms with van der Waals surface area (Å²) in [5.41, 5.74) is 7.23. The van der Waals surface area contributed by atoms with Crippen LogP contribution in [0.1, 0.15) is 25.3 Å². The van der Waals surface area contributed by atoms with Crippen LogP contribution in [-0.4, -0.2) is 4.98 Å². The summed E-state index contributed by atoms with van der Waals surface area (Å²) in [5, 5.41) is 0.750. The third-order valence-electron chi connectivity index (χ3n) is 2.64. The summed E-state index contributed by atoms with van der Waals surface area (Å²) >= 11 is 12.2. The van der Waals surface area contributed by atoms with E-state index in [1.165, 1.54) is 0 Å². The van der Waals surface area contributed by atoms with Gasteiger partial charge in [0.2, 0.25) is 0 Å². The first-order valence-corrected chi connectivity index (χ1v) is 6.60. The number of nitrogens with zero attached hydrogens (tertiary/aromatic N) is 1. The van der Waals surface area contributed by atoms with Gasteiger partial charge in [-0.05, 0) is 29.7 Å². The molecule has 0 aliphatic rings. The molecule has 0 radical (unpaired) electrons. The van der Waals surface area contributed by atoms with Crippen LogP contribution >= 0.6 is 23.2 Å². The summed E-state index contributed by atoms with van der Waals surface area (Å²) in [4.78, 5) is 4.14. The number of anilines is 1. The highest BCUT2D eigenvalue weighted by atomic mass is 35.5. The molecule has 0 amide bonds. The monoisotopic (exact) mass is 296 g/mol. The average molecular weight is 297 g/mol. The lowest BCUT2D eigenvalue weighted by atomic mass is 10.1. The standard InChI is InChI=1S/C14H14Cl2N2O/c1-8(2)9-3-11(7-18-6-9)19-14-12(15)4-10(17)5-13(14)16/h3-8H,17H2,1-2H3. The van der Waals surface area contributed by atoms with Crippen LogP contribution < -0.4 is 10.5 Å². The maximum absolute atomic E-state index is 6.08. The van der Waals surface area contributed by atoms with Crippen molar-refractivity contribution < 1.29 is 4.74 Å². The second kappa shape index (κ2) is 5.68. The molecule has 1 aromatic heterocycles. The minimum absolute atomic E-state index is 0.369. The Morgan fingerprint density at radius 3 is 2.32 bits per heavy atom. The molecule has 0 bridgehead atoms. The van der Waals surface area contributed by atoms with Crippen LogP contribution in [0.2, 0.25) is 10.0 Å². The van der Waals surface area contributed by atoms with Gasteiger partial charge in [0.05, 0.1) is 16.2 Å². The number of hydrogen-bond donors (Lipinski definition) is 1. The Bertz CT molecular complexity index is 577. The van der Waals surface area contributed by atoms with Gasteiger partial charge in [-0.25, -0.2) is 0 Å². The van der Waals surface area contributed by atoms with Gasteiger partial charge in [0, 0.05) is 11.9 Å². The quantitative estimate of drug-likeness (QED) is 0.821. The molecular weight excluding hydrogens is 283 g/mol. The molecule has 0 aliphatic heterocycles. The molecule has 0 unspecified atom stereocenters. The van der Waals surface area contributed by atoms with E-state index < -0.39 is 0 Å². The molecule has 2 aromatic rings. The van der Waals surface area contributed by atoms with Crippen molar-refractivity contribution in [2.75, 3.05) is 5.73 Å². The van der Waals surface area contributed by atoms with Crippen molar-refractivity contribution in [2.24, 2.45) is 0 Å². The van der Waals surface area contributed by atoms with Crippen molar-refractivity contribution in [3.05, 3.63) is 46.2 Å². The Morgan fingerprint density at radius 2 is 1.74 bits per heavy atom. The normalized spacial score (nSPS) is 10.8. The van der Waals surface area contributed by atoms with E-state index in [9.17, 15) is 0 Å². The SMILES string of the molecule is CC(C)c1cncc(Oc2c(Cl)cc(N)cc2Cl)c1. The van der Waals surface area contributed by atoms with Crippen molar-refractivity contribution in [2.45, 2.75) is 19.8 Å². The van der Waals surface area contributed by atoms with E-state index in [1.54, 1.807) is 18.3 Å². The molecule has 1 aromatic carbocycles. The molecule has 3 nitrogen and oxygen atoms in total. The predicted octanol–water partition coefficient (Wildman–Crippen LogP) is 4.89. The van der Waals surface area contributed by atoms with Crippen LogP contribution in [0.5, 0.6) is 11.5 Å². The number of benzene rings is 1. The van der Waals surface area contributed by atoms with Gasteiger partial charge in [-0.2, -0.15) is 0 Å². The maximum atomic E-state index is 6.08. The highest BCUT2D eigenvalue weighted by Crippen LogP contribution is 2.38. The van der Waals surface area contributed by atoms with Crippen LogP contribution in [0.4, 0.5) is 5.69 Å². The summed E-state index contributed by atoms with van der Waals surface area (Å²) in [6, 6.07) is 5.12. The van der Waals surface area contributed by atoms with Crippen molar-refractivity contribution >= 4 is 28.9 Å². The van der Waals surface area contributed by atoms with Crippen LogP contribution in [0.25, 0.3) is 0 Å². The summed E-state index contributed by atoms with van der Waals surface area (Å²) in [6.07, 6.45) is 3.43. The Kier molecular flexibility index (Phi) is 4.17. The van der Waals surface area contributed by atoms with Gasteiger partial charge >= 0.3 is 0 Å². The average Bonchev–Trinajstić information content (AvgIpc) is 2.34. The lowest BCUT2D eigenvalue weighted by molar-refractivity contribution is 0.479. The summed E-state index contributed by atoms with van der Waals surface area (Å²) in [5.74, 6) is 1.36. The van der Waals surface area contributed by atoms with Crippen LogP contribution in [0.15, 0.2) is 30.6 Å². The summed E-state index contributed by atoms with van der Waals surface area (Å²) in [6.45, 7) is 4.17. The van der Waals surface area contributed by atoms with Gasteiger partial charge in [0.25, 0.3) is 0 Å². The maximum Gasteiger partial charge on any atom is 0.164 e. The third kappa shape index (κ3) is 3.31. The number of hydrogen-bond acceptors (Lipinski definition) is 3. The first kappa shape index (κ1) is 14.0. The first-order chi connectivity index (χ1) is 8.97. The van der Waals surface area contributed by atoms with E-state index in [4.69, 9.17) is 33.7 Å². The molecular formula is C14H14Cl2N2O. The molecule has 0 aliphatic carbocycles. The number of aromatic nitrogens is 1. The van der Waals surface area contributed by atoms with Crippen LogP contribution in [0, 0.1) is 0 Å². The number of rotatable bonds is 3. The van der Waals surface area contributed by atoms with E-state index in [2.05, 4.69) is 18.8 Å². The Morgan fingerprint density at radius 1 is 1.11 bits per heavy atom. The highest BCUT2D eigenvalue weighted by Gasteiger charge is 2.11. The van der Waals surface area contributed by atoms with Crippen LogP contribution in [0.3, 0.4) is 0 Å². The minimum atomic E-state index is 0.369. The summed E-state index contributed by atoms with van der Waals surface area (Å²) < 4.78 is 5.70. The molecule has 5 heteroatoms. The van der Waals surface area contributed by atoms with Crippen molar-refractivity contribution in [3.63, 3.8) is 0 Å². The zero-order chi connectivity index (χ0) is 14.0. The summed E-state index contributed by atoms with van der Waals surface area (Å²) in [7, 11) is 0. The third-order valence-corrected chi connectivity index (χ3v) is 3.20. The molecule has 2 N–H and O–H groups in total. The Balaban J connectivity index is 2.34. The molecule has 2 rings (SSSR count). The highest BCUT2D eigenvalue weighted by molar-refractivity contribution is 6.37. The van der Waals surface area contributed by atoms with Crippen molar-refractivity contribution in [3.8, 4) is 11.5 Å². The largest absolute Gasteiger partial charge is 0.453 e. The lowest BCUT2D eigenvalue weighted by Gasteiger charge is -2.12. The molecule has 1 heterocycles. The Labute approximate surface area is 122 Å². The molecule has 19 heavy (non-hydrogen) atoms. The zero-order valence-corrected chi connectivity index (χ0v) is 12.2. The predicted molar refractivity (Wildman–Crippen MR) is 79.3 cm³/mol. The van der Waals surface area contributed by atoms with E-state index in [0.29, 0.717) is 33.1 Å². The Hall–Kier alpha value is -1.45. The molecule has 0 fully saturated rings. The van der Waals surface area contributed by atoms with E-state index in [0.717, 1.165) is 5.56 Å². The second-order valence-electron chi connectivity index (χ2n) is 4.52. The van der Waals surface area contributed by atoms with Crippen molar-refractivity contribution in [1.29, 1.82) is 0 Å². The molecule has 0 saturated heterocycles. The fourth-order valence-corrected chi connectivity index (χ4v) is 2.18. The number of nitrogens with two attached hydrogens (primary N) is 1. The van der Waals surface area contributed by atoms with Gasteiger partial charge < -0.3 is 10.5 Å². The molecule has 0 spiro atoms. The number of ether oxygens (including phenoxy) is 1. The molecule has 0 atom stereocenters. The fourth-order valence-electron chi connectivity index (χ4n) is 1.60. The molecule has 0 saturated carbocycles. The van der Waals surface area contributed by atoms with Crippen molar-refractivity contribution in [1.82, 2.24) is 4.98 Å². The second-order valence-corrected chi connectivity index (χ2v) is 5.34. The van der Waals surface area contributed by atoms with Gasteiger partial charge in [0.15, 0.2) is 5.75 Å². The number of halogens is 2. The fraction of sp³-hybridized carbons (Fsp3) is 0.214. The smallest absolute Gasteiger partial charge is 0.164 e. The minimum Gasteiger partial charge on any atom is -0.453 e. The lowest BCUT2D eigenvalue weighted by Crippen LogP contribution is -1.93. The zero-order valence-electron chi connectivity index (χ0n) is 10.7. The topological polar surface area (TPSA) is 48.1 Å². The van der Waals surface area contributed by atoms with E-state index in [-0.39, 0.29) is 0 Å². The van der Waals surface area contributed by atoms with E-state index >= 15 is 0 Å². The van der Waals surface area contributed by atoms with Gasteiger partial charge in [-0.3, -0.25) is 4.98 Å². The van der Waals surface area contributed by atoms with E-state index in [1.807, 2.05) is 12.3 Å². The number of nitrogen functional groups attached to an aromatic ring is 1. The first-order valence-electron chi connectivity index (χ1n) is 5.84.